The second-order valence-corrected chi connectivity index (χ2v) is 6.49. The topological polar surface area (TPSA) is 15.3 Å². The van der Waals surface area contributed by atoms with E-state index in [1.807, 2.05) is 0 Å². The number of nitrogens with zero attached hydrogens (tertiary/aromatic N) is 1. The number of benzene rings is 1. The lowest BCUT2D eigenvalue weighted by Gasteiger charge is -2.35. The molecule has 1 aliphatic heterocycles. The Morgan fingerprint density at radius 3 is 2.55 bits per heavy atom. The van der Waals surface area contributed by atoms with E-state index in [2.05, 4.69) is 41.4 Å². The van der Waals surface area contributed by atoms with Crippen LogP contribution >= 0.6 is 0 Å². The van der Waals surface area contributed by atoms with Gasteiger partial charge >= 0.3 is 0 Å². The maximum atomic E-state index is 3.93. The fourth-order valence-corrected chi connectivity index (χ4v) is 3.81. The van der Waals surface area contributed by atoms with Gasteiger partial charge in [-0.1, -0.05) is 31.2 Å². The molecule has 1 unspecified atom stereocenters. The van der Waals surface area contributed by atoms with E-state index in [1.165, 1.54) is 58.2 Å². The van der Waals surface area contributed by atoms with Crippen molar-refractivity contribution in [2.75, 3.05) is 19.6 Å². The zero-order valence-corrected chi connectivity index (χ0v) is 12.8. The number of fused-ring (bicyclic) bond motifs is 1. The van der Waals surface area contributed by atoms with Gasteiger partial charge in [0, 0.05) is 12.1 Å². The van der Waals surface area contributed by atoms with Gasteiger partial charge < -0.3 is 10.2 Å². The third-order valence-corrected chi connectivity index (χ3v) is 4.95. The van der Waals surface area contributed by atoms with E-state index in [1.54, 1.807) is 11.1 Å². The van der Waals surface area contributed by atoms with Crippen LogP contribution in [0.1, 0.15) is 43.7 Å². The molecule has 20 heavy (non-hydrogen) atoms. The van der Waals surface area contributed by atoms with Crippen molar-refractivity contribution in [3.63, 3.8) is 0 Å². The molecule has 0 radical (unpaired) electrons. The molecule has 110 valence electrons. The lowest BCUT2D eigenvalue weighted by molar-refractivity contribution is 0.188. The SMILES string of the molecule is CCCN1CCC(NC2CCc3ccccc3C2)CC1. The van der Waals surface area contributed by atoms with Crippen LogP contribution in [-0.2, 0) is 12.8 Å². The Morgan fingerprint density at radius 2 is 1.80 bits per heavy atom. The molecule has 0 aromatic heterocycles. The van der Waals surface area contributed by atoms with Crippen LogP contribution in [0.25, 0.3) is 0 Å². The summed E-state index contributed by atoms with van der Waals surface area (Å²) in [5.41, 5.74) is 3.14. The van der Waals surface area contributed by atoms with Gasteiger partial charge in [0.05, 0.1) is 0 Å². The molecule has 1 atom stereocenters. The second kappa shape index (κ2) is 6.73. The first-order valence-corrected chi connectivity index (χ1v) is 8.40. The van der Waals surface area contributed by atoms with Crippen molar-refractivity contribution < 1.29 is 0 Å². The van der Waals surface area contributed by atoms with Gasteiger partial charge in [-0.25, -0.2) is 0 Å². The average Bonchev–Trinajstić information content (AvgIpc) is 2.49. The summed E-state index contributed by atoms with van der Waals surface area (Å²) >= 11 is 0. The standard InChI is InChI=1S/C18H28N2/c1-2-11-20-12-9-17(10-13-20)19-18-8-7-15-5-3-4-6-16(15)14-18/h3-6,17-19H,2,7-14H2,1H3. The van der Waals surface area contributed by atoms with E-state index in [0.717, 1.165) is 6.04 Å². The summed E-state index contributed by atoms with van der Waals surface area (Å²) in [6, 6.07) is 10.4. The molecule has 1 fully saturated rings. The van der Waals surface area contributed by atoms with Crippen LogP contribution in [0.2, 0.25) is 0 Å². The van der Waals surface area contributed by atoms with Gasteiger partial charge in [0.25, 0.3) is 0 Å². The van der Waals surface area contributed by atoms with E-state index in [4.69, 9.17) is 0 Å². The molecule has 2 heteroatoms. The molecular formula is C18H28N2. The van der Waals surface area contributed by atoms with E-state index >= 15 is 0 Å². The number of hydrogen-bond acceptors (Lipinski definition) is 2. The predicted octanol–water partition coefficient (Wildman–Crippen LogP) is 3.01. The van der Waals surface area contributed by atoms with Crippen molar-refractivity contribution >= 4 is 0 Å². The molecule has 1 aromatic carbocycles. The Bertz CT molecular complexity index is 421. The molecule has 1 heterocycles. The summed E-state index contributed by atoms with van der Waals surface area (Å²) in [5.74, 6) is 0. The maximum Gasteiger partial charge on any atom is 0.0113 e. The Morgan fingerprint density at radius 1 is 1.05 bits per heavy atom. The summed E-state index contributed by atoms with van der Waals surface area (Å²) in [5, 5.41) is 3.93. The van der Waals surface area contributed by atoms with Gasteiger partial charge in [0.15, 0.2) is 0 Å². The Kier molecular flexibility index (Phi) is 4.74. The van der Waals surface area contributed by atoms with Gasteiger partial charge in [-0.3, -0.25) is 0 Å². The average molecular weight is 272 g/mol. The molecule has 2 aliphatic rings. The van der Waals surface area contributed by atoms with E-state index in [0.29, 0.717) is 6.04 Å². The molecule has 3 rings (SSSR count). The van der Waals surface area contributed by atoms with E-state index in [-0.39, 0.29) is 0 Å². The minimum Gasteiger partial charge on any atom is -0.311 e. The minimum absolute atomic E-state index is 0.702. The van der Waals surface area contributed by atoms with Crippen LogP contribution in [0, 0.1) is 0 Å². The van der Waals surface area contributed by atoms with Crippen molar-refractivity contribution in [1.29, 1.82) is 0 Å². The number of nitrogens with one attached hydrogen (secondary N) is 1. The van der Waals surface area contributed by atoms with Gasteiger partial charge in [0.2, 0.25) is 0 Å². The lowest BCUT2D eigenvalue weighted by Crippen LogP contribution is -2.47. The van der Waals surface area contributed by atoms with Crippen LogP contribution in [0.4, 0.5) is 0 Å². The van der Waals surface area contributed by atoms with Crippen molar-refractivity contribution in [2.24, 2.45) is 0 Å². The Balaban J connectivity index is 1.48. The third-order valence-electron chi connectivity index (χ3n) is 4.95. The molecule has 0 bridgehead atoms. The number of rotatable bonds is 4. The molecule has 2 nitrogen and oxygen atoms in total. The summed E-state index contributed by atoms with van der Waals surface area (Å²) < 4.78 is 0. The van der Waals surface area contributed by atoms with Crippen molar-refractivity contribution in [1.82, 2.24) is 10.2 Å². The first-order chi connectivity index (χ1) is 9.85. The number of likely N-dealkylation sites (tertiary alicyclic amines) is 1. The molecule has 0 amide bonds. The molecule has 0 saturated carbocycles. The molecule has 1 aromatic rings. The van der Waals surface area contributed by atoms with Crippen LogP contribution in [0.3, 0.4) is 0 Å². The first kappa shape index (κ1) is 14.1. The zero-order valence-electron chi connectivity index (χ0n) is 12.8. The molecule has 1 aliphatic carbocycles. The van der Waals surface area contributed by atoms with Crippen LogP contribution in [0.15, 0.2) is 24.3 Å². The largest absolute Gasteiger partial charge is 0.311 e. The van der Waals surface area contributed by atoms with Gasteiger partial charge in [-0.15, -0.1) is 0 Å². The monoisotopic (exact) mass is 272 g/mol. The highest BCUT2D eigenvalue weighted by Gasteiger charge is 2.23. The summed E-state index contributed by atoms with van der Waals surface area (Å²) in [4.78, 5) is 2.62. The van der Waals surface area contributed by atoms with Crippen LogP contribution in [-0.4, -0.2) is 36.6 Å². The summed E-state index contributed by atoms with van der Waals surface area (Å²) in [7, 11) is 0. The number of piperidine rings is 1. The fraction of sp³-hybridized carbons (Fsp3) is 0.667. The quantitative estimate of drug-likeness (QED) is 0.906. The predicted molar refractivity (Wildman–Crippen MR) is 85.1 cm³/mol. The fourth-order valence-electron chi connectivity index (χ4n) is 3.81. The highest BCUT2D eigenvalue weighted by atomic mass is 15.1. The smallest absolute Gasteiger partial charge is 0.0113 e. The summed E-state index contributed by atoms with van der Waals surface area (Å²) in [6.45, 7) is 6.14. The molecule has 1 saturated heterocycles. The minimum atomic E-state index is 0.702. The van der Waals surface area contributed by atoms with Gasteiger partial charge in [-0.2, -0.15) is 0 Å². The Labute approximate surface area is 123 Å². The molecule has 1 N–H and O–H groups in total. The highest BCUT2D eigenvalue weighted by molar-refractivity contribution is 5.30. The third kappa shape index (κ3) is 3.42. The Hall–Kier alpha value is -0.860. The van der Waals surface area contributed by atoms with E-state index in [9.17, 15) is 0 Å². The van der Waals surface area contributed by atoms with Crippen LogP contribution in [0.5, 0.6) is 0 Å². The molecule has 0 spiro atoms. The highest BCUT2D eigenvalue weighted by Crippen LogP contribution is 2.22. The van der Waals surface area contributed by atoms with Crippen molar-refractivity contribution in [3.05, 3.63) is 35.4 Å². The van der Waals surface area contributed by atoms with Crippen molar-refractivity contribution in [2.45, 2.75) is 57.5 Å². The summed E-state index contributed by atoms with van der Waals surface area (Å²) in [6.07, 6.45) is 7.74. The van der Waals surface area contributed by atoms with Crippen LogP contribution < -0.4 is 5.32 Å². The second-order valence-electron chi connectivity index (χ2n) is 6.49. The number of aryl methyl sites for hydroxylation is 1. The molecular weight excluding hydrogens is 244 g/mol. The van der Waals surface area contributed by atoms with Gasteiger partial charge in [-0.05, 0) is 69.3 Å². The number of hydrogen-bond donors (Lipinski definition) is 1. The van der Waals surface area contributed by atoms with Gasteiger partial charge in [0.1, 0.15) is 0 Å². The van der Waals surface area contributed by atoms with Crippen molar-refractivity contribution in [3.8, 4) is 0 Å². The zero-order chi connectivity index (χ0) is 13.8. The lowest BCUT2D eigenvalue weighted by atomic mass is 9.87. The maximum absolute atomic E-state index is 3.93. The first-order valence-electron chi connectivity index (χ1n) is 8.40. The van der Waals surface area contributed by atoms with E-state index < -0.39 is 0 Å². The normalized spacial score (nSPS) is 24.6.